The van der Waals surface area contributed by atoms with Crippen molar-refractivity contribution < 1.29 is 9.53 Å². The molecule has 1 aromatic rings. The van der Waals surface area contributed by atoms with Gasteiger partial charge in [-0.05, 0) is 12.8 Å². The van der Waals surface area contributed by atoms with E-state index in [1.165, 1.54) is 28.0 Å². The van der Waals surface area contributed by atoms with Gasteiger partial charge in [-0.15, -0.1) is 10.2 Å². The first kappa shape index (κ1) is 18.5. The molecule has 1 aliphatic rings. The van der Waals surface area contributed by atoms with Crippen molar-refractivity contribution in [1.82, 2.24) is 15.1 Å². The van der Waals surface area contributed by atoms with E-state index >= 15 is 0 Å². The van der Waals surface area contributed by atoms with Crippen LogP contribution >= 0.6 is 23.1 Å². The summed E-state index contributed by atoms with van der Waals surface area (Å²) >= 11 is 2.88. The van der Waals surface area contributed by atoms with E-state index < -0.39 is 0 Å². The highest BCUT2D eigenvalue weighted by Gasteiger charge is 2.16. The summed E-state index contributed by atoms with van der Waals surface area (Å²) in [5, 5.41) is 29.4. The van der Waals surface area contributed by atoms with E-state index in [4.69, 9.17) is 15.3 Å². The van der Waals surface area contributed by atoms with Gasteiger partial charge in [-0.25, -0.2) is 0 Å². The second kappa shape index (κ2) is 10.1. The lowest BCUT2D eigenvalue weighted by molar-refractivity contribution is -0.129. The number of nitrogens with zero attached hydrogens (tertiary/aromatic N) is 5. The van der Waals surface area contributed by atoms with Crippen molar-refractivity contribution in [3.8, 4) is 12.1 Å². The average Bonchev–Trinajstić information content (AvgIpc) is 3.24. The number of ether oxygens (including phenoxy) is 1. The summed E-state index contributed by atoms with van der Waals surface area (Å²) in [6, 6.07) is 3.78. The Bertz CT molecular complexity index is 602. The number of carbonyl (C=O) groups is 1. The van der Waals surface area contributed by atoms with Gasteiger partial charge in [-0.1, -0.05) is 23.1 Å². The highest BCUT2D eigenvalue weighted by Crippen LogP contribution is 2.26. The molecule has 0 saturated carbocycles. The largest absolute Gasteiger partial charge is 0.376 e. The van der Waals surface area contributed by atoms with Crippen LogP contribution in [0.15, 0.2) is 4.34 Å². The maximum Gasteiger partial charge on any atom is 0.225 e. The minimum absolute atomic E-state index is 0.0623. The van der Waals surface area contributed by atoms with Crippen LogP contribution in [-0.4, -0.2) is 59.1 Å². The fourth-order valence-electron chi connectivity index (χ4n) is 2.13. The predicted octanol–water partition coefficient (Wildman–Crippen LogP) is 1.49. The van der Waals surface area contributed by atoms with E-state index in [0.717, 1.165) is 35.5 Å². The van der Waals surface area contributed by atoms with E-state index in [1.54, 1.807) is 0 Å². The molecule has 0 unspecified atom stereocenters. The van der Waals surface area contributed by atoms with Gasteiger partial charge in [0.25, 0.3) is 0 Å². The predicted molar refractivity (Wildman–Crippen MR) is 90.5 cm³/mol. The van der Waals surface area contributed by atoms with Gasteiger partial charge < -0.3 is 15.0 Å². The fourth-order valence-corrected chi connectivity index (χ4v) is 3.89. The van der Waals surface area contributed by atoms with Crippen molar-refractivity contribution in [2.45, 2.75) is 29.7 Å². The van der Waals surface area contributed by atoms with Crippen LogP contribution in [0, 0.1) is 22.7 Å². The van der Waals surface area contributed by atoms with E-state index in [0.29, 0.717) is 5.75 Å². The van der Waals surface area contributed by atoms with Gasteiger partial charge in [-0.2, -0.15) is 10.5 Å². The van der Waals surface area contributed by atoms with E-state index in [-0.39, 0.29) is 31.5 Å². The lowest BCUT2D eigenvalue weighted by atomic mass is 10.2. The second-order valence-corrected chi connectivity index (χ2v) is 7.37. The Labute approximate surface area is 148 Å². The molecule has 0 radical (unpaired) electrons. The van der Waals surface area contributed by atoms with Gasteiger partial charge >= 0.3 is 0 Å². The molecule has 1 N–H and O–H groups in total. The minimum atomic E-state index is -0.202. The van der Waals surface area contributed by atoms with Crippen LogP contribution in [0.5, 0.6) is 0 Å². The molecule has 128 valence electrons. The van der Waals surface area contributed by atoms with E-state index in [9.17, 15) is 4.79 Å². The first-order valence-electron chi connectivity index (χ1n) is 7.56. The third kappa shape index (κ3) is 5.96. The molecular weight excluding hydrogens is 348 g/mol. The number of amides is 1. The van der Waals surface area contributed by atoms with Gasteiger partial charge in [0.15, 0.2) is 4.34 Å². The molecule has 0 aliphatic carbocycles. The summed E-state index contributed by atoms with van der Waals surface area (Å²) in [7, 11) is 0. The van der Waals surface area contributed by atoms with Gasteiger partial charge in [0.05, 0.1) is 18.2 Å². The van der Waals surface area contributed by atoms with Crippen molar-refractivity contribution in [3.63, 3.8) is 0 Å². The Hall–Kier alpha value is -1.88. The van der Waals surface area contributed by atoms with Gasteiger partial charge in [-0.3, -0.25) is 4.79 Å². The number of hydrogen-bond donors (Lipinski definition) is 1. The third-order valence-electron chi connectivity index (χ3n) is 3.33. The summed E-state index contributed by atoms with van der Waals surface area (Å²) < 4.78 is 6.32. The van der Waals surface area contributed by atoms with E-state index in [1.807, 2.05) is 12.1 Å². The average molecular weight is 366 g/mol. The highest BCUT2D eigenvalue weighted by atomic mass is 32.2. The molecule has 0 aromatic carbocycles. The maximum absolute atomic E-state index is 11.9. The molecule has 24 heavy (non-hydrogen) atoms. The van der Waals surface area contributed by atoms with Crippen LogP contribution in [0.4, 0.5) is 5.13 Å². The molecule has 1 fully saturated rings. The zero-order chi connectivity index (χ0) is 17.2. The summed E-state index contributed by atoms with van der Waals surface area (Å²) in [6.07, 6.45) is 2.67. The number of thioether (sulfide) groups is 1. The van der Waals surface area contributed by atoms with Crippen molar-refractivity contribution in [1.29, 1.82) is 10.5 Å². The number of hydrogen-bond acceptors (Lipinski definition) is 9. The smallest absolute Gasteiger partial charge is 0.225 e. The van der Waals surface area contributed by atoms with Crippen LogP contribution in [0.2, 0.25) is 0 Å². The SMILES string of the molecule is N#CCN(CC#N)C(=O)CCSc1nnc(NC[C@H]2CCCO2)s1. The molecule has 2 heterocycles. The summed E-state index contributed by atoms with van der Waals surface area (Å²) in [5.41, 5.74) is 0. The lowest BCUT2D eigenvalue weighted by Gasteiger charge is -2.14. The number of carbonyl (C=O) groups excluding carboxylic acids is 1. The molecule has 1 aromatic heterocycles. The van der Waals surface area contributed by atoms with Crippen molar-refractivity contribution >= 4 is 34.1 Å². The lowest BCUT2D eigenvalue weighted by Crippen LogP contribution is -2.31. The van der Waals surface area contributed by atoms with Gasteiger partial charge in [0.2, 0.25) is 11.0 Å². The quantitative estimate of drug-likeness (QED) is 0.516. The topological polar surface area (TPSA) is 115 Å². The normalized spacial score (nSPS) is 16.3. The number of rotatable bonds is 9. The Kier molecular flexibility index (Phi) is 7.75. The number of nitriles is 2. The molecule has 1 saturated heterocycles. The van der Waals surface area contributed by atoms with Crippen LogP contribution in [0.3, 0.4) is 0 Å². The molecular formula is C14H18N6O2S2. The molecule has 1 aliphatic heterocycles. The van der Waals surface area contributed by atoms with Crippen LogP contribution in [0.25, 0.3) is 0 Å². The Morgan fingerprint density at radius 3 is 2.88 bits per heavy atom. The van der Waals surface area contributed by atoms with Crippen molar-refractivity contribution in [3.05, 3.63) is 0 Å². The summed E-state index contributed by atoms with van der Waals surface area (Å²) in [5.74, 6) is 0.332. The monoisotopic (exact) mass is 366 g/mol. The van der Waals surface area contributed by atoms with Crippen LogP contribution in [0.1, 0.15) is 19.3 Å². The Morgan fingerprint density at radius 2 is 2.21 bits per heavy atom. The fraction of sp³-hybridized carbons (Fsp3) is 0.643. The van der Waals surface area contributed by atoms with Crippen LogP contribution < -0.4 is 5.32 Å². The molecule has 1 atom stereocenters. The van der Waals surface area contributed by atoms with Crippen LogP contribution in [-0.2, 0) is 9.53 Å². The Balaban J connectivity index is 1.69. The Morgan fingerprint density at radius 1 is 1.42 bits per heavy atom. The van der Waals surface area contributed by atoms with Crippen molar-refractivity contribution in [2.24, 2.45) is 0 Å². The number of nitrogens with one attached hydrogen (secondary N) is 1. The minimum Gasteiger partial charge on any atom is -0.376 e. The summed E-state index contributed by atoms with van der Waals surface area (Å²) in [4.78, 5) is 13.2. The summed E-state index contributed by atoms with van der Waals surface area (Å²) in [6.45, 7) is 1.43. The first-order chi connectivity index (χ1) is 11.7. The molecule has 2 rings (SSSR count). The zero-order valence-corrected chi connectivity index (χ0v) is 14.7. The molecule has 0 bridgehead atoms. The van der Waals surface area contributed by atoms with Crippen molar-refractivity contribution in [2.75, 3.05) is 37.3 Å². The molecule has 0 spiro atoms. The third-order valence-corrected chi connectivity index (χ3v) is 5.34. The maximum atomic E-state index is 11.9. The second-order valence-electron chi connectivity index (χ2n) is 5.05. The highest BCUT2D eigenvalue weighted by molar-refractivity contribution is 8.01. The van der Waals surface area contributed by atoms with Gasteiger partial charge in [0, 0.05) is 25.3 Å². The zero-order valence-electron chi connectivity index (χ0n) is 13.1. The van der Waals surface area contributed by atoms with Gasteiger partial charge in [0.1, 0.15) is 13.1 Å². The molecule has 10 heteroatoms. The standard InChI is InChI=1S/C14H18N6O2S2/c15-4-6-20(7-5-16)12(21)3-9-23-14-19-18-13(24-14)17-10-11-2-1-8-22-11/h11H,1-3,6-10H2,(H,17,18)/t11-/m1/s1. The molecule has 8 nitrogen and oxygen atoms in total. The van der Waals surface area contributed by atoms with E-state index in [2.05, 4.69) is 15.5 Å². The number of anilines is 1. The molecule has 1 amide bonds. The number of aromatic nitrogens is 2. The first-order valence-corrected chi connectivity index (χ1v) is 9.36.